The highest BCUT2D eigenvalue weighted by Crippen LogP contribution is 2.10. The summed E-state index contributed by atoms with van der Waals surface area (Å²) in [5, 5.41) is 3.91. The molecule has 1 rings (SSSR count). The molecular weight excluding hydrogens is 285 g/mol. The zero-order chi connectivity index (χ0) is 12.7. The maximum Gasteiger partial charge on any atom is 0.116 e. The molecule has 88 valence electrons. The van der Waals surface area contributed by atoms with Gasteiger partial charge in [0.25, 0.3) is 0 Å². The molecule has 1 aromatic rings. The second kappa shape index (κ2) is 6.75. The Labute approximate surface area is 108 Å². The van der Waals surface area contributed by atoms with Crippen molar-refractivity contribution >= 4 is 22.1 Å². The van der Waals surface area contributed by atoms with E-state index in [2.05, 4.69) is 44.6 Å². The zero-order valence-corrected chi connectivity index (χ0v) is 10.6. The third kappa shape index (κ3) is 5.21. The Morgan fingerprint density at radius 1 is 1.47 bits per heavy atom. The predicted molar refractivity (Wildman–Crippen MR) is 71.2 cm³/mol. The van der Waals surface area contributed by atoms with Crippen molar-refractivity contribution in [1.29, 1.82) is 0 Å². The first-order valence-electron chi connectivity index (χ1n) is 4.70. The third-order valence-electron chi connectivity index (χ3n) is 1.65. The highest BCUT2D eigenvalue weighted by atomic mass is 79.9. The van der Waals surface area contributed by atoms with Gasteiger partial charge in [-0.1, -0.05) is 13.2 Å². The first-order chi connectivity index (χ1) is 8.09. The van der Waals surface area contributed by atoms with E-state index in [0.29, 0.717) is 11.4 Å². The van der Waals surface area contributed by atoms with E-state index in [1.807, 2.05) is 12.1 Å². The van der Waals surface area contributed by atoms with E-state index in [9.17, 15) is 4.39 Å². The van der Waals surface area contributed by atoms with Crippen molar-refractivity contribution in [1.82, 2.24) is 10.4 Å². The molecule has 1 N–H and O–H groups in total. The number of hydrazone groups is 1. The van der Waals surface area contributed by atoms with Gasteiger partial charge in [-0.15, -0.1) is 0 Å². The summed E-state index contributed by atoms with van der Waals surface area (Å²) in [7, 11) is 0. The molecule has 3 nitrogen and oxygen atoms in total. The second-order valence-electron chi connectivity index (χ2n) is 3.05. The lowest BCUT2D eigenvalue weighted by Gasteiger charge is -1.98. The molecule has 0 spiro atoms. The van der Waals surface area contributed by atoms with Gasteiger partial charge in [-0.3, -0.25) is 10.4 Å². The standard InChI is InChI=1S/C12H11BrFN3/c1-9(14)5-6-10(2)17-16-8-12-11(13)4-3-7-15-12/h3-8,17H,1-2H2/b6-5-,16-8+. The van der Waals surface area contributed by atoms with Crippen molar-refractivity contribution in [3.8, 4) is 0 Å². The fourth-order valence-corrected chi connectivity index (χ4v) is 1.25. The van der Waals surface area contributed by atoms with Crippen LogP contribution in [0.1, 0.15) is 5.69 Å². The second-order valence-corrected chi connectivity index (χ2v) is 3.90. The summed E-state index contributed by atoms with van der Waals surface area (Å²) >= 11 is 3.33. The Balaban J connectivity index is 2.54. The molecule has 0 unspecified atom stereocenters. The molecule has 0 aliphatic heterocycles. The van der Waals surface area contributed by atoms with Gasteiger partial charge < -0.3 is 0 Å². The Morgan fingerprint density at radius 3 is 2.88 bits per heavy atom. The fraction of sp³-hybridized carbons (Fsp3) is 0. The Kier molecular flexibility index (Phi) is 5.29. The molecule has 0 saturated carbocycles. The normalized spacial score (nSPS) is 10.9. The number of allylic oxidation sites excluding steroid dienone is 3. The first-order valence-corrected chi connectivity index (χ1v) is 5.50. The quantitative estimate of drug-likeness (QED) is 0.514. The van der Waals surface area contributed by atoms with Gasteiger partial charge in [-0.2, -0.15) is 5.10 Å². The monoisotopic (exact) mass is 295 g/mol. The van der Waals surface area contributed by atoms with E-state index in [1.54, 1.807) is 6.20 Å². The summed E-state index contributed by atoms with van der Waals surface area (Å²) in [5.74, 6) is -0.538. The molecular formula is C12H11BrFN3. The largest absolute Gasteiger partial charge is 0.279 e. The lowest BCUT2D eigenvalue weighted by Crippen LogP contribution is -2.02. The van der Waals surface area contributed by atoms with Gasteiger partial charge in [-0.05, 0) is 40.2 Å². The van der Waals surface area contributed by atoms with Gasteiger partial charge in [-0.25, -0.2) is 4.39 Å². The van der Waals surface area contributed by atoms with E-state index in [1.165, 1.54) is 18.4 Å². The maximum absolute atomic E-state index is 12.3. The minimum Gasteiger partial charge on any atom is -0.279 e. The fourth-order valence-electron chi connectivity index (χ4n) is 0.898. The van der Waals surface area contributed by atoms with Gasteiger partial charge in [0.05, 0.1) is 11.9 Å². The summed E-state index contributed by atoms with van der Waals surface area (Å²) in [6.07, 6.45) is 5.83. The molecule has 0 bridgehead atoms. The van der Waals surface area contributed by atoms with E-state index in [4.69, 9.17) is 0 Å². The van der Waals surface area contributed by atoms with Crippen LogP contribution in [0.15, 0.2) is 64.7 Å². The molecule has 1 aromatic heterocycles. The van der Waals surface area contributed by atoms with Crippen LogP contribution in [0.2, 0.25) is 0 Å². The van der Waals surface area contributed by atoms with Crippen LogP contribution in [0.4, 0.5) is 4.39 Å². The van der Waals surface area contributed by atoms with Crippen LogP contribution in [0, 0.1) is 0 Å². The van der Waals surface area contributed by atoms with Crippen molar-refractivity contribution in [3.05, 3.63) is 65.3 Å². The van der Waals surface area contributed by atoms with Gasteiger partial charge in [0.15, 0.2) is 0 Å². The van der Waals surface area contributed by atoms with Crippen LogP contribution in [0.25, 0.3) is 0 Å². The molecule has 1 heterocycles. The Hall–Kier alpha value is -1.75. The van der Waals surface area contributed by atoms with E-state index < -0.39 is 5.83 Å². The maximum atomic E-state index is 12.3. The highest BCUT2D eigenvalue weighted by molar-refractivity contribution is 9.10. The Bertz CT molecular complexity index is 480. The smallest absolute Gasteiger partial charge is 0.116 e. The molecule has 17 heavy (non-hydrogen) atoms. The SMILES string of the molecule is C=C(F)/C=C\C(=C)N/N=C/c1ncccc1Br. The van der Waals surface area contributed by atoms with Crippen LogP contribution in [-0.2, 0) is 0 Å². The van der Waals surface area contributed by atoms with Crippen molar-refractivity contribution in [3.63, 3.8) is 0 Å². The number of rotatable bonds is 5. The lowest BCUT2D eigenvalue weighted by atomic mass is 10.4. The van der Waals surface area contributed by atoms with Crippen LogP contribution < -0.4 is 5.43 Å². The average molecular weight is 296 g/mol. The van der Waals surface area contributed by atoms with Gasteiger partial charge >= 0.3 is 0 Å². The number of halogens is 2. The number of hydrogen-bond donors (Lipinski definition) is 1. The van der Waals surface area contributed by atoms with Crippen molar-refractivity contribution in [2.45, 2.75) is 0 Å². The molecule has 0 atom stereocenters. The van der Waals surface area contributed by atoms with Crippen molar-refractivity contribution < 1.29 is 4.39 Å². The number of hydrogen-bond acceptors (Lipinski definition) is 3. The van der Waals surface area contributed by atoms with Gasteiger partial charge in [0.1, 0.15) is 5.83 Å². The number of nitrogens with zero attached hydrogens (tertiary/aromatic N) is 2. The highest BCUT2D eigenvalue weighted by Gasteiger charge is 1.94. The molecule has 0 saturated heterocycles. The minimum atomic E-state index is -0.538. The van der Waals surface area contributed by atoms with Gasteiger partial charge in [0, 0.05) is 16.4 Å². The minimum absolute atomic E-state index is 0.451. The van der Waals surface area contributed by atoms with Crippen LogP contribution in [-0.4, -0.2) is 11.2 Å². The Morgan fingerprint density at radius 2 is 2.24 bits per heavy atom. The molecule has 0 aliphatic carbocycles. The number of nitrogens with one attached hydrogen (secondary N) is 1. The van der Waals surface area contributed by atoms with E-state index in [-0.39, 0.29) is 0 Å². The molecule has 0 fully saturated rings. The average Bonchev–Trinajstić information content (AvgIpc) is 2.29. The topological polar surface area (TPSA) is 37.3 Å². The van der Waals surface area contributed by atoms with Crippen molar-refractivity contribution in [2.24, 2.45) is 5.10 Å². The van der Waals surface area contributed by atoms with Gasteiger partial charge in [0.2, 0.25) is 0 Å². The molecule has 0 aliphatic rings. The lowest BCUT2D eigenvalue weighted by molar-refractivity contribution is 0.671. The molecule has 0 aromatic carbocycles. The molecule has 5 heteroatoms. The summed E-state index contributed by atoms with van der Waals surface area (Å²) in [4.78, 5) is 4.09. The number of pyridine rings is 1. The summed E-state index contributed by atoms with van der Waals surface area (Å²) in [6.45, 7) is 6.72. The molecule has 0 amide bonds. The van der Waals surface area contributed by atoms with E-state index in [0.717, 1.165) is 4.47 Å². The third-order valence-corrected chi connectivity index (χ3v) is 2.32. The molecule has 0 radical (unpaired) electrons. The predicted octanol–water partition coefficient (Wildman–Crippen LogP) is 3.32. The number of aromatic nitrogens is 1. The summed E-state index contributed by atoms with van der Waals surface area (Å²) in [6, 6.07) is 3.67. The van der Waals surface area contributed by atoms with Crippen LogP contribution >= 0.6 is 15.9 Å². The summed E-state index contributed by atoms with van der Waals surface area (Å²) < 4.78 is 13.1. The first kappa shape index (κ1) is 13.3. The zero-order valence-electron chi connectivity index (χ0n) is 9.03. The van der Waals surface area contributed by atoms with Crippen LogP contribution in [0.3, 0.4) is 0 Å². The van der Waals surface area contributed by atoms with Crippen LogP contribution in [0.5, 0.6) is 0 Å². The van der Waals surface area contributed by atoms with E-state index >= 15 is 0 Å². The summed E-state index contributed by atoms with van der Waals surface area (Å²) in [5.41, 5.74) is 3.77. The van der Waals surface area contributed by atoms with Crippen molar-refractivity contribution in [2.75, 3.05) is 0 Å².